The van der Waals surface area contributed by atoms with Gasteiger partial charge < -0.3 is 148 Å². The highest BCUT2D eigenvalue weighted by Gasteiger charge is 2.53. The third-order valence-corrected chi connectivity index (χ3v) is 20.1. The molecule has 38 heteroatoms. The van der Waals surface area contributed by atoms with Crippen LogP contribution in [0.25, 0.3) is 11.1 Å². The standard InChI is InChI=1S/C72H86ClN9O28/c1-25(2)15-37(76-6)63(95)81-51-54(89)30-10-14-41(36(73)17-30)106-43-19-31-18-42(60(43)109-71-61(57(92)55(90)44(24-83)107-71)110-70-58(93)56(91)53(88)26(3)104-70)105-33-11-7-28(8-12-33)59(108-46-23-72(5,75)62(94)27(4)103-46)52-68(100)80-50(69(101)102)35-20-32(84)21-40(86)47(35)34-16-29(9-13-39(34)85)48(65(97)82-52)79-66(98)49(31)78-64(96)38(22-45(74)87)77-67(51)99/h7-14,16-21,25-27,37-38,44,46,48-59,61-62,70-71,76,83-86,88-94H,15,22-24,75H2,1-6H3,(H2,74,87)(H,77,99)(H,78,96)(H,79,98)(H,80,100)(H,81,95)(H,82,97)(H,101,102)/t26-,27-,37?,38?,44+,46-,48?,49?,50?,51?,52?,53-,54?,55+,56+,57-,58+,59?,61+,62-,70+,71-,72-/m0/s1. The Hall–Kier alpha value is -9.65. The molecule has 13 rings (SSSR count). The number of phenolic OH excluding ortho intramolecular Hbond substituents is 3. The number of benzene rings is 5. The highest BCUT2D eigenvalue weighted by Crippen LogP contribution is 2.49. The van der Waals surface area contributed by atoms with E-state index in [1.165, 1.54) is 64.2 Å². The molecular weight excluding hydrogens is 1470 g/mol. The number of likely N-dealkylation sites (N-methyl/N-ethyl adjacent to an activating group) is 1. The summed E-state index contributed by atoms with van der Waals surface area (Å²) in [7, 11) is 1.46. The van der Waals surface area contributed by atoms with Crippen molar-refractivity contribution in [1.82, 2.24) is 37.2 Å². The van der Waals surface area contributed by atoms with Crippen molar-refractivity contribution < 1.29 is 138 Å². The third-order valence-electron chi connectivity index (χ3n) is 19.8. The number of carboxylic acid groups (broad SMARTS) is 1. The van der Waals surface area contributed by atoms with Gasteiger partial charge in [-0.1, -0.05) is 49.7 Å². The fourth-order valence-electron chi connectivity index (χ4n) is 13.9. The number of halogens is 1. The third kappa shape index (κ3) is 17.1. The van der Waals surface area contributed by atoms with Crippen molar-refractivity contribution in [2.75, 3.05) is 13.7 Å². The number of carbonyl (C=O) groups excluding carboxylic acids is 7. The van der Waals surface area contributed by atoms with E-state index < -0.39 is 262 Å². The number of aliphatic hydroxyl groups excluding tert-OH is 8. The largest absolute Gasteiger partial charge is 0.508 e. The van der Waals surface area contributed by atoms with Gasteiger partial charge in [0.05, 0.1) is 42.4 Å². The van der Waals surface area contributed by atoms with Gasteiger partial charge in [-0.3, -0.25) is 33.6 Å². The van der Waals surface area contributed by atoms with Gasteiger partial charge in [0.25, 0.3) is 0 Å². The molecule has 23 N–H and O–H groups in total. The lowest BCUT2D eigenvalue weighted by molar-refractivity contribution is -0.354. The monoisotopic (exact) mass is 1560 g/mol. The normalized spacial score (nSPS) is 32.2. The molecule has 5 aromatic rings. The molecule has 0 radical (unpaired) electrons. The first-order valence-electron chi connectivity index (χ1n) is 34.9. The number of fused-ring (bicyclic) bond motifs is 15. The minimum absolute atomic E-state index is 0.0709. The Balaban J connectivity index is 1.18. The maximum Gasteiger partial charge on any atom is 0.330 e. The van der Waals surface area contributed by atoms with E-state index in [0.717, 1.165) is 48.5 Å². The molecule has 7 amide bonds. The van der Waals surface area contributed by atoms with Gasteiger partial charge in [-0.15, -0.1) is 0 Å². The number of phenols is 3. The Morgan fingerprint density at radius 3 is 1.97 bits per heavy atom. The van der Waals surface area contributed by atoms with Crippen LogP contribution in [0.4, 0.5) is 0 Å². The lowest BCUT2D eigenvalue weighted by Crippen LogP contribution is -2.64. The number of nitrogens with two attached hydrogens (primary N) is 2. The van der Waals surface area contributed by atoms with Crippen LogP contribution in [0.3, 0.4) is 0 Å². The number of aromatic hydroxyl groups is 3. The molecule has 9 unspecified atom stereocenters. The molecule has 8 heterocycles. The van der Waals surface area contributed by atoms with E-state index >= 15 is 19.2 Å². The van der Waals surface area contributed by atoms with E-state index in [-0.39, 0.29) is 46.9 Å². The number of nitrogens with one attached hydrogen (secondary N) is 7. The number of carbonyl (C=O) groups is 8. The van der Waals surface area contributed by atoms with Crippen LogP contribution < -0.4 is 62.9 Å². The molecular formula is C72H86ClN9O28. The van der Waals surface area contributed by atoms with Crippen molar-refractivity contribution in [3.8, 4) is 57.1 Å². The van der Waals surface area contributed by atoms with Crippen LogP contribution in [0.5, 0.6) is 46.0 Å². The Morgan fingerprint density at radius 2 is 1.33 bits per heavy atom. The molecule has 0 aliphatic carbocycles. The molecule has 594 valence electrons. The maximum atomic E-state index is 16.3. The summed E-state index contributed by atoms with van der Waals surface area (Å²) >= 11 is 7.10. The first-order valence-corrected chi connectivity index (χ1v) is 35.3. The van der Waals surface area contributed by atoms with Gasteiger partial charge in [0.15, 0.2) is 36.2 Å². The van der Waals surface area contributed by atoms with Crippen molar-refractivity contribution in [2.24, 2.45) is 17.4 Å². The second-order valence-corrected chi connectivity index (χ2v) is 28.8. The number of amides is 7. The predicted octanol–water partition coefficient (Wildman–Crippen LogP) is -1.70. The molecule has 37 nitrogen and oxygen atoms in total. The molecule has 0 spiro atoms. The van der Waals surface area contributed by atoms with Crippen molar-refractivity contribution in [3.63, 3.8) is 0 Å². The van der Waals surface area contributed by atoms with E-state index in [4.69, 9.17) is 61.0 Å². The number of primary amides is 1. The number of hydrogen-bond donors (Lipinski definition) is 21. The smallest absolute Gasteiger partial charge is 0.330 e. The first kappa shape index (κ1) is 81.3. The summed E-state index contributed by atoms with van der Waals surface area (Å²) in [5.74, 6) is -16.0. The summed E-state index contributed by atoms with van der Waals surface area (Å²) < 4.78 is 50.8. The second-order valence-electron chi connectivity index (χ2n) is 28.4. The fraction of sp³-hybridized carbons (Fsp3) is 0.472. The van der Waals surface area contributed by atoms with Gasteiger partial charge in [0.2, 0.25) is 53.4 Å². The average molecular weight is 1560 g/mol. The minimum Gasteiger partial charge on any atom is -0.508 e. The Kier molecular flexibility index (Phi) is 24.5. The average Bonchev–Trinajstić information content (AvgIpc) is 0.763. The fourth-order valence-corrected chi connectivity index (χ4v) is 14.1. The highest BCUT2D eigenvalue weighted by molar-refractivity contribution is 6.32. The summed E-state index contributed by atoms with van der Waals surface area (Å²) in [6, 6.07) is 0.905. The van der Waals surface area contributed by atoms with E-state index in [1.807, 2.05) is 13.8 Å². The summed E-state index contributed by atoms with van der Waals surface area (Å²) in [6.07, 6.45) is -28.3. The highest BCUT2D eigenvalue weighted by atomic mass is 35.5. The molecule has 8 aliphatic rings. The van der Waals surface area contributed by atoms with Crippen molar-refractivity contribution >= 4 is 58.9 Å². The zero-order valence-corrected chi connectivity index (χ0v) is 60.4. The van der Waals surface area contributed by atoms with Crippen LogP contribution in [0.1, 0.15) is 112 Å². The van der Waals surface area contributed by atoms with Crippen molar-refractivity contribution in [1.29, 1.82) is 0 Å². The van der Waals surface area contributed by atoms with Gasteiger partial charge in [-0.05, 0) is 117 Å². The van der Waals surface area contributed by atoms with Gasteiger partial charge in [-0.25, -0.2) is 4.79 Å². The van der Waals surface area contributed by atoms with Crippen LogP contribution in [0, 0.1) is 5.92 Å². The molecule has 0 saturated carbocycles. The number of ether oxygens (including phenoxy) is 8. The molecule has 3 fully saturated rings. The molecule has 23 atom stereocenters. The topological polar surface area (TPSA) is 589 Å². The van der Waals surface area contributed by atoms with E-state index in [0.29, 0.717) is 0 Å². The number of hydrogen-bond acceptors (Lipinski definition) is 29. The lowest BCUT2D eigenvalue weighted by Gasteiger charge is -2.45. The zero-order valence-electron chi connectivity index (χ0n) is 59.6. The van der Waals surface area contributed by atoms with Gasteiger partial charge >= 0.3 is 5.97 Å². The second kappa shape index (κ2) is 33.1. The predicted molar refractivity (Wildman–Crippen MR) is 376 cm³/mol. The Morgan fingerprint density at radius 1 is 0.673 bits per heavy atom. The summed E-state index contributed by atoms with van der Waals surface area (Å²) in [4.78, 5) is 119. The minimum atomic E-state index is -2.38. The van der Waals surface area contributed by atoms with Crippen molar-refractivity contribution in [3.05, 3.63) is 118 Å². The summed E-state index contributed by atoms with van der Waals surface area (Å²) in [5, 5.41) is 153. The van der Waals surface area contributed by atoms with E-state index in [9.17, 15) is 80.5 Å². The van der Waals surface area contributed by atoms with Gasteiger partial charge in [0.1, 0.15) is 108 Å². The van der Waals surface area contributed by atoms with Crippen LogP contribution in [-0.2, 0) is 62.0 Å². The van der Waals surface area contributed by atoms with E-state index in [2.05, 4.69) is 37.2 Å². The summed E-state index contributed by atoms with van der Waals surface area (Å²) in [6.45, 7) is 6.83. The first-order chi connectivity index (χ1) is 51.9. The van der Waals surface area contributed by atoms with Gasteiger partial charge in [0, 0.05) is 34.7 Å². The van der Waals surface area contributed by atoms with Crippen molar-refractivity contribution in [2.45, 2.75) is 194 Å². The number of aliphatic carboxylic acids is 1. The molecule has 0 aromatic heterocycles. The molecule has 110 heavy (non-hydrogen) atoms. The zero-order chi connectivity index (χ0) is 80.0. The van der Waals surface area contributed by atoms with Crippen LogP contribution in [0.2, 0.25) is 5.02 Å². The molecule has 11 bridgehead atoms. The van der Waals surface area contributed by atoms with Crippen LogP contribution in [-0.4, -0.2) is 232 Å². The Bertz CT molecular complexity index is 4330. The number of carboxylic acids is 1. The van der Waals surface area contributed by atoms with E-state index in [1.54, 1.807) is 0 Å². The maximum absolute atomic E-state index is 16.3. The van der Waals surface area contributed by atoms with Gasteiger partial charge in [-0.2, -0.15) is 0 Å². The number of rotatable bonds is 15. The number of aliphatic hydroxyl groups is 8. The van der Waals surface area contributed by atoms with Crippen LogP contribution >= 0.6 is 11.6 Å². The quantitative estimate of drug-likeness (QED) is 0.0556. The van der Waals surface area contributed by atoms with Crippen LogP contribution in [0.15, 0.2) is 84.9 Å². The summed E-state index contributed by atoms with van der Waals surface area (Å²) in [5.41, 5.74) is 8.22. The lowest BCUT2D eigenvalue weighted by atomic mass is 9.86. The Labute approximate surface area is 631 Å². The molecule has 3 saturated heterocycles. The molecule has 5 aromatic carbocycles. The molecule has 8 aliphatic heterocycles. The SMILES string of the molecule is CNC(CC(C)C)C(=O)NC1C(=O)NC(CC(N)=O)C(=O)NC2C(=O)NC3C(=O)NC(C(=O)NC(C(=O)O)c4cc(O)cc(O)c4-c4cc3ccc4O)C(O[C@H]3C[C@](C)(N)[C@@H](O)[C@H](C)O3)c3ccc(cc3)Oc3cc2cc(c3O[C@@H]2O[C@H](CO)[C@@H](O)[C@H](O)[C@H]2O[C@H]2O[C@@H](C)[C@H](O)[C@@H](O)[C@H]2O)Oc2ccc(cc2Cl)C1O.